The first-order chi connectivity index (χ1) is 6.18. The predicted octanol–water partition coefficient (Wildman–Crippen LogP) is 1.78. The molecule has 1 heterocycles. The van der Waals surface area contributed by atoms with Crippen molar-refractivity contribution >= 4 is 24.8 Å². The molecule has 2 nitrogen and oxygen atoms in total. The van der Waals surface area contributed by atoms with Crippen molar-refractivity contribution in [1.29, 1.82) is 0 Å². The minimum Gasteiger partial charge on any atom is -0.315 e. The average Bonchev–Trinajstić information content (AvgIpc) is 2.73. The number of alkyl halides is 2. The first kappa shape index (κ1) is 15.4. The van der Waals surface area contributed by atoms with Crippen LogP contribution >= 0.6 is 24.8 Å². The fraction of sp³-hybridized carbons (Fsp3) is 1.00. The molecule has 1 atom stereocenters. The summed E-state index contributed by atoms with van der Waals surface area (Å²) in [6, 6.07) is 0. The maximum Gasteiger partial charge on any atom is 0.252 e. The van der Waals surface area contributed by atoms with E-state index in [-0.39, 0.29) is 37.2 Å². The summed E-state index contributed by atoms with van der Waals surface area (Å²) in [7, 11) is 0. The Morgan fingerprint density at radius 1 is 1.20 bits per heavy atom. The van der Waals surface area contributed by atoms with Crippen molar-refractivity contribution in [1.82, 2.24) is 10.2 Å². The van der Waals surface area contributed by atoms with Crippen LogP contribution in [0.4, 0.5) is 8.78 Å². The molecule has 0 aromatic carbocycles. The van der Waals surface area contributed by atoms with Gasteiger partial charge in [0, 0.05) is 32.0 Å². The molecule has 1 saturated carbocycles. The Hall–Kier alpha value is 0.360. The summed E-state index contributed by atoms with van der Waals surface area (Å²) in [6.07, 6.45) is 1.19. The lowest BCUT2D eigenvalue weighted by atomic mass is 10.3. The van der Waals surface area contributed by atoms with E-state index in [1.807, 2.05) is 0 Å². The number of halogens is 4. The second-order valence-corrected chi connectivity index (χ2v) is 4.07. The van der Waals surface area contributed by atoms with E-state index < -0.39 is 5.92 Å². The van der Waals surface area contributed by atoms with Gasteiger partial charge in [-0.3, -0.25) is 0 Å². The molecule has 1 aliphatic heterocycles. The monoisotopic (exact) mass is 262 g/mol. The van der Waals surface area contributed by atoms with Crippen LogP contribution in [-0.4, -0.2) is 43.5 Å². The van der Waals surface area contributed by atoms with Gasteiger partial charge in [0.1, 0.15) is 0 Å². The SMILES string of the molecule is Cl.Cl.FC1(F)CC1CN1CCCNCC1. The largest absolute Gasteiger partial charge is 0.315 e. The summed E-state index contributed by atoms with van der Waals surface area (Å²) in [6.45, 7) is 4.46. The molecule has 0 amide bonds. The fourth-order valence-corrected chi connectivity index (χ4v) is 1.86. The molecule has 0 aromatic rings. The molecular weight excluding hydrogens is 245 g/mol. The molecule has 0 radical (unpaired) electrons. The molecule has 2 fully saturated rings. The number of nitrogens with one attached hydrogen (secondary N) is 1. The zero-order valence-electron chi connectivity index (χ0n) is 8.55. The van der Waals surface area contributed by atoms with Crippen molar-refractivity contribution in [2.45, 2.75) is 18.8 Å². The lowest BCUT2D eigenvalue weighted by molar-refractivity contribution is 0.0880. The molecular formula is C9H18Cl2F2N2. The van der Waals surface area contributed by atoms with E-state index in [4.69, 9.17) is 0 Å². The van der Waals surface area contributed by atoms with Crippen molar-refractivity contribution in [3.8, 4) is 0 Å². The second-order valence-electron chi connectivity index (χ2n) is 4.07. The molecule has 15 heavy (non-hydrogen) atoms. The van der Waals surface area contributed by atoms with Crippen LogP contribution in [0, 0.1) is 5.92 Å². The van der Waals surface area contributed by atoms with Crippen LogP contribution in [0.3, 0.4) is 0 Å². The third-order valence-electron chi connectivity index (χ3n) is 2.87. The molecule has 1 unspecified atom stereocenters. The Balaban J connectivity index is 0.000000980. The smallest absolute Gasteiger partial charge is 0.252 e. The third kappa shape index (κ3) is 4.39. The van der Waals surface area contributed by atoms with Gasteiger partial charge >= 0.3 is 0 Å². The molecule has 1 N–H and O–H groups in total. The van der Waals surface area contributed by atoms with Gasteiger partial charge in [-0.05, 0) is 19.5 Å². The molecule has 6 heteroatoms. The van der Waals surface area contributed by atoms with Crippen LogP contribution in [0.2, 0.25) is 0 Å². The van der Waals surface area contributed by atoms with Crippen LogP contribution < -0.4 is 5.32 Å². The van der Waals surface area contributed by atoms with Crippen molar-refractivity contribution in [2.75, 3.05) is 32.7 Å². The highest BCUT2D eigenvalue weighted by molar-refractivity contribution is 5.85. The van der Waals surface area contributed by atoms with Crippen molar-refractivity contribution in [2.24, 2.45) is 5.92 Å². The van der Waals surface area contributed by atoms with Crippen molar-refractivity contribution < 1.29 is 8.78 Å². The van der Waals surface area contributed by atoms with E-state index in [1.54, 1.807) is 0 Å². The Morgan fingerprint density at radius 2 is 1.87 bits per heavy atom. The molecule has 0 aromatic heterocycles. The van der Waals surface area contributed by atoms with E-state index in [1.165, 1.54) is 0 Å². The standard InChI is InChI=1S/C9H16F2N2.2ClH/c10-9(11)6-8(9)7-13-4-1-2-12-3-5-13;;/h8,12H,1-7H2;2*1H. The lowest BCUT2D eigenvalue weighted by Crippen LogP contribution is -2.30. The lowest BCUT2D eigenvalue weighted by Gasteiger charge is -2.18. The quantitative estimate of drug-likeness (QED) is 0.817. The van der Waals surface area contributed by atoms with Crippen LogP contribution in [0.25, 0.3) is 0 Å². The highest BCUT2D eigenvalue weighted by Gasteiger charge is 2.56. The van der Waals surface area contributed by atoms with Crippen LogP contribution in [-0.2, 0) is 0 Å². The van der Waals surface area contributed by atoms with Crippen LogP contribution in [0.5, 0.6) is 0 Å². The predicted molar refractivity (Wildman–Crippen MR) is 61.5 cm³/mol. The normalized spacial score (nSPS) is 29.6. The maximum absolute atomic E-state index is 12.6. The summed E-state index contributed by atoms with van der Waals surface area (Å²) in [5.41, 5.74) is 0. The minimum absolute atomic E-state index is 0. The van der Waals surface area contributed by atoms with Crippen molar-refractivity contribution in [3.63, 3.8) is 0 Å². The highest BCUT2D eigenvalue weighted by atomic mass is 35.5. The molecule has 2 aliphatic rings. The molecule has 0 spiro atoms. The third-order valence-corrected chi connectivity index (χ3v) is 2.87. The van der Waals surface area contributed by atoms with E-state index in [9.17, 15) is 8.78 Å². The highest BCUT2D eigenvalue weighted by Crippen LogP contribution is 2.48. The molecule has 2 rings (SSSR count). The van der Waals surface area contributed by atoms with Gasteiger partial charge in [-0.15, -0.1) is 24.8 Å². The minimum atomic E-state index is -2.35. The van der Waals surface area contributed by atoms with Gasteiger partial charge in [0.25, 0.3) is 5.92 Å². The van der Waals surface area contributed by atoms with Crippen molar-refractivity contribution in [3.05, 3.63) is 0 Å². The topological polar surface area (TPSA) is 15.3 Å². The second kappa shape index (κ2) is 6.18. The molecule has 1 aliphatic carbocycles. The number of rotatable bonds is 2. The Labute approximate surface area is 102 Å². The summed E-state index contributed by atoms with van der Waals surface area (Å²) in [5.74, 6) is -2.70. The van der Waals surface area contributed by atoms with E-state index in [2.05, 4.69) is 10.2 Å². The first-order valence-electron chi connectivity index (χ1n) is 4.99. The van der Waals surface area contributed by atoms with Gasteiger partial charge in [0.2, 0.25) is 0 Å². The zero-order valence-corrected chi connectivity index (χ0v) is 10.2. The van der Waals surface area contributed by atoms with Gasteiger partial charge in [0.15, 0.2) is 0 Å². The van der Waals surface area contributed by atoms with E-state index >= 15 is 0 Å². The number of hydrogen-bond donors (Lipinski definition) is 1. The van der Waals surface area contributed by atoms with Crippen LogP contribution in [0.1, 0.15) is 12.8 Å². The van der Waals surface area contributed by atoms with E-state index in [0.29, 0.717) is 6.54 Å². The van der Waals surface area contributed by atoms with E-state index in [0.717, 1.165) is 32.6 Å². The molecule has 1 saturated heterocycles. The fourth-order valence-electron chi connectivity index (χ4n) is 1.86. The number of nitrogens with zero attached hydrogens (tertiary/aromatic N) is 1. The first-order valence-corrected chi connectivity index (χ1v) is 4.99. The average molecular weight is 263 g/mol. The summed E-state index contributed by atoms with van der Waals surface area (Å²) >= 11 is 0. The summed E-state index contributed by atoms with van der Waals surface area (Å²) < 4.78 is 25.2. The van der Waals surface area contributed by atoms with Gasteiger partial charge < -0.3 is 10.2 Å². The Morgan fingerprint density at radius 3 is 2.47 bits per heavy atom. The van der Waals surface area contributed by atoms with Gasteiger partial charge in [-0.1, -0.05) is 0 Å². The van der Waals surface area contributed by atoms with Gasteiger partial charge in [0.05, 0.1) is 0 Å². The van der Waals surface area contributed by atoms with Gasteiger partial charge in [-0.2, -0.15) is 0 Å². The van der Waals surface area contributed by atoms with Crippen LogP contribution in [0.15, 0.2) is 0 Å². The molecule has 92 valence electrons. The summed E-state index contributed by atoms with van der Waals surface area (Å²) in [4.78, 5) is 2.16. The summed E-state index contributed by atoms with van der Waals surface area (Å²) in [5, 5.41) is 3.26. The maximum atomic E-state index is 12.6. The van der Waals surface area contributed by atoms with Gasteiger partial charge in [-0.25, -0.2) is 8.78 Å². The zero-order chi connectivity index (χ0) is 9.31. The molecule has 0 bridgehead atoms. The Kier molecular flexibility index (Phi) is 6.33. The Bertz CT molecular complexity index is 185. The number of hydrogen-bond acceptors (Lipinski definition) is 2.